The number of rotatable bonds is 3. The van der Waals surface area contributed by atoms with Gasteiger partial charge in [-0.15, -0.1) is 0 Å². The summed E-state index contributed by atoms with van der Waals surface area (Å²) in [7, 11) is -4.08. The van der Waals surface area contributed by atoms with Crippen molar-refractivity contribution in [2.75, 3.05) is 4.72 Å². The van der Waals surface area contributed by atoms with E-state index in [2.05, 4.69) is 9.71 Å². The van der Waals surface area contributed by atoms with E-state index in [0.717, 1.165) is 15.8 Å². The Morgan fingerprint density at radius 2 is 1.78 bits per heavy atom. The highest BCUT2D eigenvalue weighted by Gasteiger charge is 2.25. The van der Waals surface area contributed by atoms with E-state index in [-0.39, 0.29) is 10.6 Å². The summed E-state index contributed by atoms with van der Waals surface area (Å²) in [5, 5.41) is 0. The van der Waals surface area contributed by atoms with Gasteiger partial charge in [0.15, 0.2) is 9.86 Å². The van der Waals surface area contributed by atoms with Crippen LogP contribution < -0.4 is 10.3 Å². The van der Waals surface area contributed by atoms with Gasteiger partial charge in [0.25, 0.3) is 15.6 Å². The lowest BCUT2D eigenvalue weighted by Gasteiger charge is -2.10. The Morgan fingerprint density at radius 1 is 1.04 bits per heavy atom. The molecule has 0 radical (unpaired) electrons. The maximum absolute atomic E-state index is 13.1. The maximum Gasteiger partial charge on any atom is 0.280 e. The fourth-order valence-corrected chi connectivity index (χ4v) is 5.53. The van der Waals surface area contributed by atoms with Crippen LogP contribution in [0.5, 0.6) is 0 Å². The number of hydrogen-bond donors (Lipinski definition) is 1. The van der Waals surface area contributed by atoms with Crippen molar-refractivity contribution in [3.8, 4) is 0 Å². The SMILES string of the molecule is Cc1cccc(NS(=O)(=O)c2c(C)nc3sc4cc(C)ccc4n3c2=O)c1. The molecule has 0 amide bonds. The molecule has 1 N–H and O–H groups in total. The van der Waals surface area contributed by atoms with Gasteiger partial charge in [0.1, 0.15) is 0 Å². The quantitative estimate of drug-likeness (QED) is 0.570. The molecule has 0 saturated carbocycles. The zero-order valence-electron chi connectivity index (χ0n) is 15.0. The summed E-state index contributed by atoms with van der Waals surface area (Å²) in [4.78, 5) is 17.7. The van der Waals surface area contributed by atoms with E-state index < -0.39 is 15.6 Å². The Morgan fingerprint density at radius 3 is 2.52 bits per heavy atom. The minimum absolute atomic E-state index is 0.184. The summed E-state index contributed by atoms with van der Waals surface area (Å²) >= 11 is 1.37. The third kappa shape index (κ3) is 3.00. The van der Waals surface area contributed by atoms with Crippen molar-refractivity contribution in [3.05, 3.63) is 69.6 Å². The third-order valence-corrected chi connectivity index (χ3v) is 6.79. The first-order chi connectivity index (χ1) is 12.8. The monoisotopic (exact) mass is 399 g/mol. The standard InChI is InChI=1S/C19H17N3O3S2/c1-11-5-4-6-14(9-11)21-27(24,25)17-13(3)20-19-22(18(17)23)15-8-7-12(2)10-16(15)26-19/h4-10,21H,1-3H3. The van der Waals surface area contributed by atoms with Crippen molar-refractivity contribution < 1.29 is 8.42 Å². The van der Waals surface area contributed by atoms with Gasteiger partial charge in [0.2, 0.25) is 0 Å². The molecular weight excluding hydrogens is 382 g/mol. The van der Waals surface area contributed by atoms with E-state index in [1.54, 1.807) is 25.1 Å². The van der Waals surface area contributed by atoms with Crippen molar-refractivity contribution in [1.29, 1.82) is 0 Å². The van der Waals surface area contributed by atoms with E-state index in [0.29, 0.717) is 16.2 Å². The Balaban J connectivity index is 1.95. The number of aromatic nitrogens is 2. The smallest absolute Gasteiger partial charge is 0.279 e. The molecule has 6 nitrogen and oxygen atoms in total. The van der Waals surface area contributed by atoms with E-state index in [1.807, 2.05) is 38.1 Å². The molecule has 2 aromatic carbocycles. The summed E-state index contributed by atoms with van der Waals surface area (Å²) in [5.41, 5.74) is 2.63. The first-order valence-electron chi connectivity index (χ1n) is 8.28. The number of thiazole rings is 1. The van der Waals surface area contributed by atoms with Crippen LogP contribution in [0.3, 0.4) is 0 Å². The highest BCUT2D eigenvalue weighted by atomic mass is 32.2. The van der Waals surface area contributed by atoms with Crippen molar-refractivity contribution in [2.45, 2.75) is 25.7 Å². The second-order valence-corrected chi connectivity index (χ2v) is 9.13. The summed E-state index contributed by atoms with van der Waals surface area (Å²) in [6.07, 6.45) is 0. The summed E-state index contributed by atoms with van der Waals surface area (Å²) in [5.74, 6) is 0. The van der Waals surface area contributed by atoms with Gasteiger partial charge in [0, 0.05) is 5.69 Å². The lowest BCUT2D eigenvalue weighted by Crippen LogP contribution is -2.27. The molecule has 0 saturated heterocycles. The number of nitrogens with zero attached hydrogens (tertiary/aromatic N) is 2. The number of aryl methyl sites for hydroxylation is 3. The average Bonchev–Trinajstić information content (AvgIpc) is 2.91. The third-order valence-electron chi connectivity index (χ3n) is 4.28. The number of hydrogen-bond acceptors (Lipinski definition) is 5. The number of anilines is 1. The van der Waals surface area contributed by atoms with Crippen molar-refractivity contribution in [2.24, 2.45) is 0 Å². The maximum atomic E-state index is 13.1. The molecule has 0 spiro atoms. The number of sulfonamides is 1. The zero-order chi connectivity index (χ0) is 19.3. The molecule has 0 aliphatic rings. The van der Waals surface area contributed by atoms with Gasteiger partial charge in [0.05, 0.1) is 15.9 Å². The number of benzene rings is 2. The van der Waals surface area contributed by atoms with Gasteiger partial charge >= 0.3 is 0 Å². The second kappa shape index (κ2) is 6.17. The molecule has 0 bridgehead atoms. The molecule has 0 fully saturated rings. The van der Waals surface area contributed by atoms with Gasteiger partial charge in [-0.05, 0) is 56.2 Å². The zero-order valence-corrected chi connectivity index (χ0v) is 16.6. The first kappa shape index (κ1) is 17.7. The highest BCUT2D eigenvalue weighted by Crippen LogP contribution is 2.26. The van der Waals surface area contributed by atoms with Crippen molar-refractivity contribution in [3.63, 3.8) is 0 Å². The molecule has 0 unspecified atom stereocenters. The molecule has 0 atom stereocenters. The summed E-state index contributed by atoms with van der Waals surface area (Å²) in [6, 6.07) is 12.6. The summed E-state index contributed by atoms with van der Waals surface area (Å²) < 4.78 is 30.7. The Bertz CT molecular complexity index is 1370. The van der Waals surface area contributed by atoms with E-state index >= 15 is 0 Å². The minimum atomic E-state index is -4.08. The molecule has 2 heterocycles. The molecule has 0 aliphatic heterocycles. The van der Waals surface area contributed by atoms with Crippen LogP contribution >= 0.6 is 11.3 Å². The Labute approximate surface area is 160 Å². The van der Waals surface area contributed by atoms with E-state index in [9.17, 15) is 13.2 Å². The first-order valence-corrected chi connectivity index (χ1v) is 10.6. The van der Waals surface area contributed by atoms with Crippen LogP contribution in [-0.4, -0.2) is 17.8 Å². The van der Waals surface area contributed by atoms with Gasteiger partial charge in [-0.3, -0.25) is 9.52 Å². The topological polar surface area (TPSA) is 80.5 Å². The molecule has 4 aromatic rings. The van der Waals surface area contributed by atoms with E-state index in [4.69, 9.17) is 0 Å². The fraction of sp³-hybridized carbons (Fsp3) is 0.158. The number of fused-ring (bicyclic) bond motifs is 3. The fourth-order valence-electron chi connectivity index (χ4n) is 3.08. The van der Waals surface area contributed by atoms with Crippen LogP contribution in [0.15, 0.2) is 52.2 Å². The highest BCUT2D eigenvalue weighted by molar-refractivity contribution is 7.92. The molecular formula is C19H17N3O3S2. The van der Waals surface area contributed by atoms with Gasteiger partial charge < -0.3 is 0 Å². The lowest BCUT2D eigenvalue weighted by molar-refractivity contribution is 0.598. The Hall–Kier alpha value is -2.71. The molecule has 27 heavy (non-hydrogen) atoms. The molecule has 2 aromatic heterocycles. The van der Waals surface area contributed by atoms with Crippen LogP contribution in [0.4, 0.5) is 5.69 Å². The number of nitrogens with one attached hydrogen (secondary N) is 1. The van der Waals surface area contributed by atoms with E-state index in [1.165, 1.54) is 15.7 Å². The van der Waals surface area contributed by atoms with Gasteiger partial charge in [-0.25, -0.2) is 17.8 Å². The molecule has 138 valence electrons. The largest absolute Gasteiger partial charge is 0.280 e. The molecule has 4 rings (SSSR count). The minimum Gasteiger partial charge on any atom is -0.279 e. The van der Waals surface area contributed by atoms with Crippen LogP contribution in [0.25, 0.3) is 15.2 Å². The van der Waals surface area contributed by atoms with Gasteiger partial charge in [-0.1, -0.05) is 29.5 Å². The van der Waals surface area contributed by atoms with Gasteiger partial charge in [-0.2, -0.15) is 0 Å². The normalized spacial score (nSPS) is 12.0. The average molecular weight is 399 g/mol. The summed E-state index contributed by atoms with van der Waals surface area (Å²) in [6.45, 7) is 5.37. The predicted octanol–water partition coefficient (Wildman–Crippen LogP) is 3.64. The molecule has 0 aliphatic carbocycles. The van der Waals surface area contributed by atoms with Crippen LogP contribution in [-0.2, 0) is 10.0 Å². The van der Waals surface area contributed by atoms with Crippen LogP contribution in [0.1, 0.15) is 16.8 Å². The van der Waals surface area contributed by atoms with Crippen molar-refractivity contribution >= 4 is 42.2 Å². The molecule has 8 heteroatoms. The lowest BCUT2D eigenvalue weighted by atomic mass is 10.2. The predicted molar refractivity (Wildman–Crippen MR) is 108 cm³/mol. The second-order valence-electron chi connectivity index (χ2n) is 6.50. The van der Waals surface area contributed by atoms with Crippen LogP contribution in [0.2, 0.25) is 0 Å². The van der Waals surface area contributed by atoms with Crippen LogP contribution in [0, 0.1) is 20.8 Å². The Kier molecular flexibility index (Phi) is 4.05. The van der Waals surface area contributed by atoms with Crippen molar-refractivity contribution in [1.82, 2.24) is 9.38 Å².